The molecule has 0 N–H and O–H groups in total. The number of nitrogens with zero attached hydrogens (tertiary/aromatic N) is 2. The van der Waals surface area contributed by atoms with Crippen molar-refractivity contribution in [2.24, 2.45) is 4.99 Å². The first-order valence-corrected chi connectivity index (χ1v) is 12.4. The van der Waals surface area contributed by atoms with Crippen LogP contribution in [0.2, 0.25) is 0 Å². The van der Waals surface area contributed by atoms with Crippen LogP contribution in [-0.4, -0.2) is 50.6 Å². The van der Waals surface area contributed by atoms with Gasteiger partial charge in [-0.05, 0) is 32.9 Å². The van der Waals surface area contributed by atoms with Crippen LogP contribution in [0.15, 0.2) is 45.3 Å². The van der Waals surface area contributed by atoms with Crippen LogP contribution >= 0.6 is 19.4 Å². The first-order chi connectivity index (χ1) is 15.3. The van der Waals surface area contributed by atoms with Crippen LogP contribution in [0.1, 0.15) is 32.4 Å². The van der Waals surface area contributed by atoms with Gasteiger partial charge >= 0.3 is 13.6 Å². The summed E-state index contributed by atoms with van der Waals surface area (Å²) < 4.78 is 40.9. The van der Waals surface area contributed by atoms with Gasteiger partial charge in [0.25, 0.3) is 0 Å². The molecular formula is C21H27N2O7PS. The summed E-state index contributed by atoms with van der Waals surface area (Å²) in [5, 5.41) is 2.24. The number of carbonyl (C=O) groups is 1. The third kappa shape index (κ3) is 4.32. The van der Waals surface area contributed by atoms with Crippen molar-refractivity contribution in [3.63, 3.8) is 0 Å². The fourth-order valence-corrected chi connectivity index (χ4v) is 6.65. The van der Waals surface area contributed by atoms with Gasteiger partial charge in [0, 0.05) is 17.0 Å². The molecule has 0 spiro atoms. The lowest BCUT2D eigenvalue weighted by Gasteiger charge is -2.37. The number of hydrogen-bond donors (Lipinski definition) is 0. The molecule has 0 saturated carbocycles. The molecule has 32 heavy (non-hydrogen) atoms. The van der Waals surface area contributed by atoms with Gasteiger partial charge in [-0.2, -0.15) is 0 Å². The van der Waals surface area contributed by atoms with Crippen molar-refractivity contribution in [2.75, 3.05) is 34.5 Å². The molecule has 0 amide bonds. The van der Waals surface area contributed by atoms with E-state index in [1.807, 2.05) is 0 Å². The van der Waals surface area contributed by atoms with Crippen molar-refractivity contribution in [1.29, 1.82) is 0 Å². The molecule has 1 aromatic carbocycles. The van der Waals surface area contributed by atoms with Gasteiger partial charge in [0.05, 0.1) is 51.9 Å². The molecule has 1 aromatic rings. The van der Waals surface area contributed by atoms with Crippen molar-refractivity contribution < 1.29 is 32.6 Å². The average Bonchev–Trinajstić information content (AvgIpc) is 3.21. The number of methoxy groups -OCH3 is 3. The van der Waals surface area contributed by atoms with Crippen LogP contribution in [-0.2, 0) is 23.1 Å². The summed E-state index contributed by atoms with van der Waals surface area (Å²) in [4.78, 5) is 19.2. The zero-order valence-electron chi connectivity index (χ0n) is 18.9. The molecule has 1 unspecified atom stereocenters. The highest BCUT2D eigenvalue weighted by Gasteiger charge is 2.48. The minimum atomic E-state index is -3.69. The first-order valence-electron chi connectivity index (χ1n) is 10.0. The third-order valence-electron chi connectivity index (χ3n) is 4.93. The Morgan fingerprint density at radius 2 is 1.84 bits per heavy atom. The second-order valence-electron chi connectivity index (χ2n) is 6.69. The third-order valence-corrected chi connectivity index (χ3v) is 8.04. The van der Waals surface area contributed by atoms with E-state index in [0.29, 0.717) is 38.9 Å². The lowest BCUT2D eigenvalue weighted by molar-refractivity contribution is -0.136. The zero-order chi connectivity index (χ0) is 23.5. The van der Waals surface area contributed by atoms with Gasteiger partial charge in [0.2, 0.25) is 0 Å². The van der Waals surface area contributed by atoms with Crippen molar-refractivity contribution >= 4 is 30.5 Å². The number of ether oxygens (including phenoxy) is 3. The summed E-state index contributed by atoms with van der Waals surface area (Å²) in [6.45, 7) is 5.60. The van der Waals surface area contributed by atoms with E-state index < -0.39 is 19.6 Å². The molecule has 11 heteroatoms. The van der Waals surface area contributed by atoms with Gasteiger partial charge in [-0.1, -0.05) is 11.8 Å². The van der Waals surface area contributed by atoms with Gasteiger partial charge in [-0.15, -0.1) is 0 Å². The highest BCUT2D eigenvalue weighted by Crippen LogP contribution is 2.63. The smallest absolute Gasteiger partial charge is 0.378 e. The molecule has 0 saturated heterocycles. The standard InChI is InChI=1S/C21H27N2O7PS/c1-7-29-31(25,30-8-2)17-12-32-21-22-13(3)18(20(24)28-6)19(23(17)21)15-10-9-14(26-4)11-16(15)27-5/h9-12,19H,7-8H2,1-6H3. The van der Waals surface area contributed by atoms with E-state index in [4.69, 9.17) is 23.3 Å². The number of esters is 1. The Morgan fingerprint density at radius 3 is 2.41 bits per heavy atom. The summed E-state index contributed by atoms with van der Waals surface area (Å²) in [5.74, 6) is 0.535. The molecule has 174 valence electrons. The number of benzene rings is 1. The van der Waals surface area contributed by atoms with Crippen LogP contribution < -0.4 is 9.47 Å². The van der Waals surface area contributed by atoms with E-state index in [1.54, 1.807) is 56.4 Å². The SMILES string of the molecule is CCOP(=O)(OCC)C1=CSC2=NC(C)=C(C(=O)OC)C(c3ccc(OC)cc3OC)N12. The minimum Gasteiger partial charge on any atom is -0.497 e. The lowest BCUT2D eigenvalue weighted by Crippen LogP contribution is -2.37. The maximum absolute atomic E-state index is 13.7. The summed E-state index contributed by atoms with van der Waals surface area (Å²) in [7, 11) is 0.708. The van der Waals surface area contributed by atoms with Gasteiger partial charge in [-0.3, -0.25) is 4.57 Å². The van der Waals surface area contributed by atoms with Crippen LogP contribution in [0.3, 0.4) is 0 Å². The monoisotopic (exact) mass is 482 g/mol. The topological polar surface area (TPSA) is 95.9 Å². The first kappa shape index (κ1) is 24.4. The molecular weight excluding hydrogens is 455 g/mol. The largest absolute Gasteiger partial charge is 0.497 e. The van der Waals surface area contributed by atoms with E-state index in [2.05, 4.69) is 4.99 Å². The molecule has 0 aromatic heterocycles. The fraction of sp³-hybridized carbons (Fsp3) is 0.429. The number of thioether (sulfide) groups is 1. The van der Waals surface area contributed by atoms with Gasteiger partial charge in [-0.25, -0.2) is 9.79 Å². The van der Waals surface area contributed by atoms with Crippen molar-refractivity contribution in [2.45, 2.75) is 26.8 Å². The molecule has 0 radical (unpaired) electrons. The highest BCUT2D eigenvalue weighted by atomic mass is 32.2. The van der Waals surface area contributed by atoms with Crippen LogP contribution in [0, 0.1) is 0 Å². The number of rotatable bonds is 9. The van der Waals surface area contributed by atoms with Crippen LogP contribution in [0.5, 0.6) is 11.5 Å². The fourth-order valence-electron chi connectivity index (χ4n) is 3.58. The summed E-state index contributed by atoms with van der Waals surface area (Å²) in [5.41, 5.74) is 1.75. The Morgan fingerprint density at radius 1 is 1.16 bits per heavy atom. The molecule has 9 nitrogen and oxygen atoms in total. The minimum absolute atomic E-state index is 0.189. The normalized spacial score (nSPS) is 18.2. The van der Waals surface area contributed by atoms with Gasteiger partial charge in [0.1, 0.15) is 16.9 Å². The Balaban J connectivity index is 2.24. The zero-order valence-corrected chi connectivity index (χ0v) is 20.6. The van der Waals surface area contributed by atoms with Crippen molar-refractivity contribution in [3.05, 3.63) is 45.9 Å². The highest BCUT2D eigenvalue weighted by molar-refractivity contribution is 8.16. The molecule has 0 aliphatic carbocycles. The number of aliphatic imine (C=N–C) groups is 1. The Bertz CT molecular complexity index is 1030. The van der Waals surface area contributed by atoms with E-state index in [1.165, 1.54) is 26.0 Å². The molecule has 0 bridgehead atoms. The maximum atomic E-state index is 13.7. The predicted octanol–water partition coefficient (Wildman–Crippen LogP) is 4.68. The average molecular weight is 482 g/mol. The second kappa shape index (κ2) is 10.1. The summed E-state index contributed by atoms with van der Waals surface area (Å²) in [6.07, 6.45) is 0. The second-order valence-corrected chi connectivity index (χ2v) is 9.50. The number of allylic oxidation sites excluding steroid dienone is 1. The van der Waals surface area contributed by atoms with Crippen molar-refractivity contribution in [1.82, 2.24) is 4.90 Å². The van der Waals surface area contributed by atoms with E-state index in [-0.39, 0.29) is 13.2 Å². The quantitative estimate of drug-likeness (QED) is 0.367. The lowest BCUT2D eigenvalue weighted by atomic mass is 9.94. The van der Waals surface area contributed by atoms with Gasteiger partial charge in [0.15, 0.2) is 5.17 Å². The molecule has 2 aliphatic rings. The molecule has 2 aliphatic heterocycles. The summed E-state index contributed by atoms with van der Waals surface area (Å²) in [6, 6.07) is 4.56. The number of amidine groups is 1. The number of carbonyl (C=O) groups excluding carboxylic acids is 1. The predicted molar refractivity (Wildman–Crippen MR) is 123 cm³/mol. The van der Waals surface area contributed by atoms with Crippen molar-refractivity contribution in [3.8, 4) is 11.5 Å². The van der Waals surface area contributed by atoms with E-state index in [0.717, 1.165) is 0 Å². The van der Waals surface area contributed by atoms with Crippen LogP contribution in [0.25, 0.3) is 0 Å². The Labute approximate surface area is 191 Å². The van der Waals surface area contributed by atoms with E-state index in [9.17, 15) is 9.36 Å². The van der Waals surface area contributed by atoms with Crippen LogP contribution in [0.4, 0.5) is 0 Å². The Kier molecular flexibility index (Phi) is 7.71. The molecule has 1 atom stereocenters. The van der Waals surface area contributed by atoms with E-state index >= 15 is 0 Å². The maximum Gasteiger partial charge on any atom is 0.378 e. The van der Waals surface area contributed by atoms with Gasteiger partial charge < -0.3 is 28.2 Å². The summed E-state index contributed by atoms with van der Waals surface area (Å²) >= 11 is 1.29. The number of fused-ring (bicyclic) bond motifs is 1. The molecule has 0 fully saturated rings. The number of hydrogen-bond acceptors (Lipinski definition) is 10. The Hall–Kier alpha value is -2.26. The molecule has 3 rings (SSSR count). The molecule has 2 heterocycles.